The molecule has 3 heteroatoms. The van der Waals surface area contributed by atoms with Gasteiger partial charge in [0.05, 0.1) is 6.61 Å². The molecule has 0 amide bonds. The molecule has 0 aliphatic carbocycles. The van der Waals surface area contributed by atoms with Crippen LogP contribution in [0.3, 0.4) is 0 Å². The quantitative estimate of drug-likeness (QED) is 0.656. The molecule has 0 spiro atoms. The van der Waals surface area contributed by atoms with Gasteiger partial charge in [0.15, 0.2) is 0 Å². The van der Waals surface area contributed by atoms with Crippen molar-refractivity contribution in [3.8, 4) is 0 Å². The standard InChI is InChI=1S/C15H24BrNO/c1-2-17-10-5-3-4-6-11-18-13-14-8-7-9-15(16)12-14/h7-9,12,17H,2-6,10-11,13H2,1H3. The summed E-state index contributed by atoms with van der Waals surface area (Å²) in [6, 6.07) is 8.29. The first kappa shape index (κ1) is 15.7. The first-order chi connectivity index (χ1) is 8.83. The second kappa shape index (κ2) is 10.5. The van der Waals surface area contributed by atoms with Gasteiger partial charge in [0.2, 0.25) is 0 Å². The topological polar surface area (TPSA) is 21.3 Å². The molecule has 1 aromatic rings. The van der Waals surface area contributed by atoms with Gasteiger partial charge in [-0.15, -0.1) is 0 Å². The van der Waals surface area contributed by atoms with Crippen LogP contribution in [-0.4, -0.2) is 19.7 Å². The number of benzene rings is 1. The fraction of sp³-hybridized carbons (Fsp3) is 0.600. The zero-order valence-corrected chi connectivity index (χ0v) is 12.8. The molecule has 1 aromatic carbocycles. The third-order valence-electron chi connectivity index (χ3n) is 2.80. The zero-order valence-electron chi connectivity index (χ0n) is 11.3. The van der Waals surface area contributed by atoms with Gasteiger partial charge < -0.3 is 10.1 Å². The highest BCUT2D eigenvalue weighted by Gasteiger charge is 1.95. The number of hydrogen-bond donors (Lipinski definition) is 1. The highest BCUT2D eigenvalue weighted by molar-refractivity contribution is 9.10. The van der Waals surface area contributed by atoms with Gasteiger partial charge in [-0.1, -0.05) is 47.8 Å². The van der Waals surface area contributed by atoms with Gasteiger partial charge in [0.1, 0.15) is 0 Å². The molecule has 1 N–H and O–H groups in total. The van der Waals surface area contributed by atoms with Crippen LogP contribution >= 0.6 is 15.9 Å². The Morgan fingerprint density at radius 1 is 1.17 bits per heavy atom. The minimum atomic E-state index is 0.719. The van der Waals surface area contributed by atoms with Gasteiger partial charge in [0.25, 0.3) is 0 Å². The van der Waals surface area contributed by atoms with E-state index in [0.29, 0.717) is 0 Å². The molecule has 0 fully saturated rings. The second-order valence-electron chi connectivity index (χ2n) is 4.45. The summed E-state index contributed by atoms with van der Waals surface area (Å²) < 4.78 is 6.78. The maximum Gasteiger partial charge on any atom is 0.0717 e. The minimum Gasteiger partial charge on any atom is -0.377 e. The summed E-state index contributed by atoms with van der Waals surface area (Å²) in [5.74, 6) is 0. The van der Waals surface area contributed by atoms with E-state index in [1.165, 1.54) is 31.2 Å². The monoisotopic (exact) mass is 313 g/mol. The van der Waals surface area contributed by atoms with Crippen LogP contribution in [0.25, 0.3) is 0 Å². The van der Waals surface area contributed by atoms with E-state index < -0.39 is 0 Å². The summed E-state index contributed by atoms with van der Waals surface area (Å²) in [7, 11) is 0. The molecule has 0 aromatic heterocycles. The molecule has 0 atom stereocenters. The van der Waals surface area contributed by atoms with Gasteiger partial charge >= 0.3 is 0 Å². The fourth-order valence-electron chi connectivity index (χ4n) is 1.80. The largest absolute Gasteiger partial charge is 0.377 e. The van der Waals surface area contributed by atoms with Crippen molar-refractivity contribution in [1.29, 1.82) is 0 Å². The lowest BCUT2D eigenvalue weighted by molar-refractivity contribution is 0.116. The van der Waals surface area contributed by atoms with E-state index in [0.717, 1.165) is 30.8 Å². The molecule has 2 nitrogen and oxygen atoms in total. The predicted molar refractivity (Wildman–Crippen MR) is 80.8 cm³/mol. The van der Waals surface area contributed by atoms with Crippen molar-refractivity contribution in [2.24, 2.45) is 0 Å². The number of rotatable bonds is 10. The summed E-state index contributed by atoms with van der Waals surface area (Å²) in [5.41, 5.74) is 1.23. The number of unbranched alkanes of at least 4 members (excludes halogenated alkanes) is 3. The van der Waals surface area contributed by atoms with E-state index in [1.807, 2.05) is 12.1 Å². The predicted octanol–water partition coefficient (Wildman–Crippen LogP) is 4.14. The molecule has 0 radical (unpaired) electrons. The molecular formula is C15H24BrNO. The van der Waals surface area contributed by atoms with Crippen molar-refractivity contribution in [1.82, 2.24) is 5.32 Å². The molecule has 0 saturated carbocycles. The SMILES string of the molecule is CCNCCCCCCOCc1cccc(Br)c1. The van der Waals surface area contributed by atoms with Crippen LogP contribution in [0.5, 0.6) is 0 Å². The van der Waals surface area contributed by atoms with E-state index in [4.69, 9.17) is 4.74 Å². The van der Waals surface area contributed by atoms with Gasteiger partial charge in [-0.3, -0.25) is 0 Å². The van der Waals surface area contributed by atoms with Crippen molar-refractivity contribution >= 4 is 15.9 Å². The lowest BCUT2D eigenvalue weighted by Gasteiger charge is -2.05. The Hall–Kier alpha value is -0.380. The van der Waals surface area contributed by atoms with Crippen LogP contribution in [0.2, 0.25) is 0 Å². The van der Waals surface area contributed by atoms with Gasteiger partial charge in [-0.2, -0.15) is 0 Å². The zero-order chi connectivity index (χ0) is 13.1. The maximum atomic E-state index is 5.67. The Morgan fingerprint density at radius 3 is 2.78 bits per heavy atom. The van der Waals surface area contributed by atoms with Crippen LogP contribution in [0.1, 0.15) is 38.2 Å². The molecule has 0 heterocycles. The molecule has 0 bridgehead atoms. The van der Waals surface area contributed by atoms with Gasteiger partial charge in [-0.25, -0.2) is 0 Å². The first-order valence-corrected chi connectivity index (χ1v) is 7.65. The summed E-state index contributed by atoms with van der Waals surface area (Å²) in [4.78, 5) is 0. The lowest BCUT2D eigenvalue weighted by Crippen LogP contribution is -2.13. The van der Waals surface area contributed by atoms with Crippen LogP contribution in [0, 0.1) is 0 Å². The average molecular weight is 314 g/mol. The molecule has 0 aliphatic rings. The third-order valence-corrected chi connectivity index (χ3v) is 3.29. The van der Waals surface area contributed by atoms with E-state index in [2.05, 4.69) is 40.3 Å². The van der Waals surface area contributed by atoms with Crippen LogP contribution in [-0.2, 0) is 11.3 Å². The van der Waals surface area contributed by atoms with Crippen LogP contribution in [0.15, 0.2) is 28.7 Å². The molecule has 18 heavy (non-hydrogen) atoms. The van der Waals surface area contributed by atoms with Crippen molar-refractivity contribution in [2.45, 2.75) is 39.2 Å². The summed E-state index contributed by atoms with van der Waals surface area (Å²) in [5, 5.41) is 3.34. The Labute approximate surface area is 119 Å². The van der Waals surface area contributed by atoms with Crippen molar-refractivity contribution in [3.05, 3.63) is 34.3 Å². The smallest absolute Gasteiger partial charge is 0.0717 e. The van der Waals surface area contributed by atoms with Crippen LogP contribution in [0.4, 0.5) is 0 Å². The van der Waals surface area contributed by atoms with E-state index >= 15 is 0 Å². The number of ether oxygens (including phenoxy) is 1. The van der Waals surface area contributed by atoms with Crippen molar-refractivity contribution in [3.63, 3.8) is 0 Å². The second-order valence-corrected chi connectivity index (χ2v) is 5.37. The maximum absolute atomic E-state index is 5.67. The van der Waals surface area contributed by atoms with E-state index in [-0.39, 0.29) is 0 Å². The normalized spacial score (nSPS) is 10.8. The Balaban J connectivity index is 1.92. The fourth-order valence-corrected chi connectivity index (χ4v) is 2.25. The summed E-state index contributed by atoms with van der Waals surface area (Å²) in [6.45, 7) is 5.96. The van der Waals surface area contributed by atoms with Gasteiger partial charge in [0, 0.05) is 11.1 Å². The van der Waals surface area contributed by atoms with Gasteiger partial charge in [-0.05, 0) is 43.6 Å². The van der Waals surface area contributed by atoms with E-state index in [1.54, 1.807) is 0 Å². The van der Waals surface area contributed by atoms with Crippen molar-refractivity contribution in [2.75, 3.05) is 19.7 Å². The molecular weight excluding hydrogens is 290 g/mol. The Kier molecular flexibility index (Phi) is 9.17. The molecule has 0 saturated heterocycles. The number of hydrogen-bond acceptors (Lipinski definition) is 2. The molecule has 0 aliphatic heterocycles. The van der Waals surface area contributed by atoms with E-state index in [9.17, 15) is 0 Å². The molecule has 0 unspecified atom stereocenters. The minimum absolute atomic E-state index is 0.719. The van der Waals surface area contributed by atoms with Crippen molar-refractivity contribution < 1.29 is 4.74 Å². The molecule has 1 rings (SSSR count). The highest BCUT2D eigenvalue weighted by Crippen LogP contribution is 2.12. The Bertz CT molecular complexity index is 317. The lowest BCUT2D eigenvalue weighted by atomic mass is 10.2. The molecule has 102 valence electrons. The highest BCUT2D eigenvalue weighted by atomic mass is 79.9. The first-order valence-electron chi connectivity index (χ1n) is 6.86. The number of nitrogens with one attached hydrogen (secondary N) is 1. The average Bonchev–Trinajstić information content (AvgIpc) is 2.37. The Morgan fingerprint density at radius 2 is 2.00 bits per heavy atom. The summed E-state index contributed by atoms with van der Waals surface area (Å²) >= 11 is 3.46. The summed E-state index contributed by atoms with van der Waals surface area (Å²) in [6.07, 6.45) is 5.01. The van der Waals surface area contributed by atoms with Crippen LogP contribution < -0.4 is 5.32 Å². The third kappa shape index (κ3) is 7.85. The number of halogens is 1.